The average Bonchev–Trinajstić information content (AvgIpc) is 2.85. The molecule has 7 nitrogen and oxygen atoms in total. The van der Waals surface area contributed by atoms with Gasteiger partial charge in [0.25, 0.3) is 5.56 Å². The van der Waals surface area contributed by atoms with Crippen LogP contribution in [-0.4, -0.2) is 42.6 Å². The smallest absolute Gasteiger partial charge is 0.292 e. The summed E-state index contributed by atoms with van der Waals surface area (Å²) in [6, 6.07) is 13.5. The van der Waals surface area contributed by atoms with Crippen molar-refractivity contribution >= 4 is 28.7 Å². The molecule has 0 spiro atoms. The van der Waals surface area contributed by atoms with E-state index in [0.717, 1.165) is 30.8 Å². The van der Waals surface area contributed by atoms with Gasteiger partial charge < -0.3 is 20.7 Å². The first-order valence-electron chi connectivity index (χ1n) is 11.0. The predicted octanol–water partition coefficient (Wildman–Crippen LogP) is 3.96. The van der Waals surface area contributed by atoms with E-state index in [4.69, 9.17) is 22.1 Å². The second-order valence-corrected chi connectivity index (χ2v) is 8.36. The first-order valence-corrected chi connectivity index (χ1v) is 11.4. The van der Waals surface area contributed by atoms with E-state index >= 15 is 0 Å². The molecule has 174 valence electrons. The van der Waals surface area contributed by atoms with Gasteiger partial charge in [0.2, 0.25) is 0 Å². The summed E-state index contributed by atoms with van der Waals surface area (Å²) in [4.78, 5) is 14.8. The molecule has 1 atom stereocenters. The van der Waals surface area contributed by atoms with Crippen LogP contribution < -0.4 is 21.5 Å². The zero-order valence-electron chi connectivity index (χ0n) is 18.2. The summed E-state index contributed by atoms with van der Waals surface area (Å²) in [6.45, 7) is 3.18. The SMILES string of the molecule is NCCN(c1ccc(F)cc1)c1ccc(-n2ncc(NC[C@H]3CCCOC3)c(Cl)c2=O)cc1. The van der Waals surface area contributed by atoms with Crippen LogP contribution in [-0.2, 0) is 4.74 Å². The van der Waals surface area contributed by atoms with Crippen molar-refractivity contribution in [3.63, 3.8) is 0 Å². The molecule has 0 bridgehead atoms. The first kappa shape index (κ1) is 23.2. The third-order valence-electron chi connectivity index (χ3n) is 5.65. The minimum Gasteiger partial charge on any atom is -0.382 e. The molecule has 1 fully saturated rings. The molecule has 0 amide bonds. The molecule has 9 heteroatoms. The largest absolute Gasteiger partial charge is 0.382 e. The minimum atomic E-state index is -0.397. The molecule has 3 N–H and O–H groups in total. The Labute approximate surface area is 196 Å². The second-order valence-electron chi connectivity index (χ2n) is 7.99. The van der Waals surface area contributed by atoms with Gasteiger partial charge in [-0.3, -0.25) is 4.79 Å². The van der Waals surface area contributed by atoms with Gasteiger partial charge in [-0.1, -0.05) is 11.6 Å². The van der Waals surface area contributed by atoms with E-state index in [0.29, 0.717) is 43.5 Å². The van der Waals surface area contributed by atoms with Crippen LogP contribution in [0.1, 0.15) is 12.8 Å². The fourth-order valence-corrected chi connectivity index (χ4v) is 4.09. The van der Waals surface area contributed by atoms with Crippen LogP contribution in [0.4, 0.5) is 21.5 Å². The van der Waals surface area contributed by atoms with Crippen LogP contribution in [0.5, 0.6) is 0 Å². The summed E-state index contributed by atoms with van der Waals surface area (Å²) in [5.74, 6) is 0.0940. The number of nitrogens with zero attached hydrogens (tertiary/aromatic N) is 3. The number of rotatable bonds is 8. The van der Waals surface area contributed by atoms with Crippen LogP contribution in [0.15, 0.2) is 59.5 Å². The Bertz CT molecular complexity index is 1120. The maximum atomic E-state index is 13.3. The average molecular weight is 472 g/mol. The number of hydrogen-bond acceptors (Lipinski definition) is 6. The van der Waals surface area contributed by atoms with E-state index in [9.17, 15) is 9.18 Å². The first-order chi connectivity index (χ1) is 16.1. The maximum absolute atomic E-state index is 13.3. The molecule has 1 saturated heterocycles. The van der Waals surface area contributed by atoms with Gasteiger partial charge in [0.15, 0.2) is 0 Å². The molecule has 1 aliphatic rings. The van der Waals surface area contributed by atoms with Crippen molar-refractivity contribution in [2.75, 3.05) is 43.1 Å². The van der Waals surface area contributed by atoms with Gasteiger partial charge in [-0.2, -0.15) is 9.78 Å². The fourth-order valence-electron chi connectivity index (χ4n) is 3.89. The number of aromatic nitrogens is 2. The highest BCUT2D eigenvalue weighted by Gasteiger charge is 2.16. The number of halogens is 2. The molecular weight excluding hydrogens is 445 g/mol. The van der Waals surface area contributed by atoms with Crippen LogP contribution in [0.25, 0.3) is 5.69 Å². The number of nitrogens with one attached hydrogen (secondary N) is 1. The molecular formula is C24H27ClFN5O2. The Morgan fingerprint density at radius 2 is 1.88 bits per heavy atom. The third-order valence-corrected chi connectivity index (χ3v) is 6.02. The third kappa shape index (κ3) is 5.52. The molecule has 0 unspecified atom stereocenters. The van der Waals surface area contributed by atoms with Crippen LogP contribution in [0, 0.1) is 11.7 Å². The molecule has 1 aromatic heterocycles. The van der Waals surface area contributed by atoms with E-state index in [2.05, 4.69) is 10.4 Å². The molecule has 0 saturated carbocycles. The van der Waals surface area contributed by atoms with E-state index in [1.807, 2.05) is 17.0 Å². The summed E-state index contributed by atoms with van der Waals surface area (Å²) in [7, 11) is 0. The van der Waals surface area contributed by atoms with Crippen LogP contribution in [0.2, 0.25) is 5.02 Å². The van der Waals surface area contributed by atoms with E-state index < -0.39 is 5.56 Å². The lowest BCUT2D eigenvalue weighted by atomic mass is 10.0. The van der Waals surface area contributed by atoms with Crippen molar-refractivity contribution in [2.24, 2.45) is 11.7 Å². The molecule has 2 heterocycles. The van der Waals surface area contributed by atoms with Crippen molar-refractivity contribution < 1.29 is 9.13 Å². The summed E-state index contributed by atoms with van der Waals surface area (Å²) < 4.78 is 20.1. The normalized spacial score (nSPS) is 15.9. The molecule has 1 aliphatic heterocycles. The van der Waals surface area contributed by atoms with Crippen molar-refractivity contribution in [3.05, 3.63) is 75.9 Å². The number of anilines is 3. The van der Waals surface area contributed by atoms with Gasteiger partial charge in [0, 0.05) is 37.6 Å². The van der Waals surface area contributed by atoms with Gasteiger partial charge in [-0.15, -0.1) is 0 Å². The highest BCUT2D eigenvalue weighted by molar-refractivity contribution is 6.32. The Morgan fingerprint density at radius 3 is 2.52 bits per heavy atom. The number of benzene rings is 2. The summed E-state index contributed by atoms with van der Waals surface area (Å²) >= 11 is 6.36. The lowest BCUT2D eigenvalue weighted by molar-refractivity contribution is 0.0595. The van der Waals surface area contributed by atoms with E-state index in [1.54, 1.807) is 30.5 Å². The predicted molar refractivity (Wildman–Crippen MR) is 129 cm³/mol. The van der Waals surface area contributed by atoms with Crippen molar-refractivity contribution in [1.29, 1.82) is 0 Å². The van der Waals surface area contributed by atoms with Crippen LogP contribution >= 0.6 is 11.6 Å². The molecule has 2 aromatic carbocycles. The lowest BCUT2D eigenvalue weighted by Crippen LogP contribution is -2.27. The Balaban J connectivity index is 1.52. The zero-order chi connectivity index (χ0) is 23.2. The monoisotopic (exact) mass is 471 g/mol. The van der Waals surface area contributed by atoms with Gasteiger partial charge >= 0.3 is 0 Å². The van der Waals surface area contributed by atoms with E-state index in [-0.39, 0.29) is 10.8 Å². The van der Waals surface area contributed by atoms with Gasteiger partial charge in [-0.05, 0) is 67.3 Å². The summed E-state index contributed by atoms with van der Waals surface area (Å²) in [5, 5.41) is 7.63. The van der Waals surface area contributed by atoms with Crippen molar-refractivity contribution in [1.82, 2.24) is 9.78 Å². The number of hydrogen-bond donors (Lipinski definition) is 2. The second kappa shape index (κ2) is 10.8. The molecule has 0 aliphatic carbocycles. The summed E-state index contributed by atoms with van der Waals surface area (Å²) in [6.07, 6.45) is 3.70. The lowest BCUT2D eigenvalue weighted by Gasteiger charge is -2.24. The fraction of sp³-hybridized carbons (Fsp3) is 0.333. The Hall–Kier alpha value is -2.94. The topological polar surface area (TPSA) is 85.4 Å². The maximum Gasteiger partial charge on any atom is 0.292 e. The van der Waals surface area contributed by atoms with Crippen molar-refractivity contribution in [2.45, 2.75) is 12.8 Å². The molecule has 33 heavy (non-hydrogen) atoms. The minimum absolute atomic E-state index is 0.0990. The van der Waals surface area contributed by atoms with Gasteiger partial charge in [0.05, 0.1) is 24.2 Å². The zero-order valence-corrected chi connectivity index (χ0v) is 19.0. The number of ether oxygens (including phenoxy) is 1. The number of nitrogens with two attached hydrogens (primary N) is 1. The highest BCUT2D eigenvalue weighted by Crippen LogP contribution is 2.26. The molecule has 0 radical (unpaired) electrons. The quantitative estimate of drug-likeness (QED) is 0.517. The Morgan fingerprint density at radius 1 is 1.18 bits per heavy atom. The highest BCUT2D eigenvalue weighted by atomic mass is 35.5. The standard InChI is InChI=1S/C24H27ClFN5O2/c25-23-22(28-14-17-2-1-13-33-16-17)15-29-31(24(23)32)21-9-7-20(8-10-21)30(12-11-27)19-5-3-18(26)4-6-19/h3-10,15,17,28H,1-2,11-14,16,27H2/t17-/m1/s1. The Kier molecular flexibility index (Phi) is 7.59. The van der Waals surface area contributed by atoms with Crippen LogP contribution in [0.3, 0.4) is 0 Å². The molecule has 4 rings (SSSR count). The van der Waals surface area contributed by atoms with Gasteiger partial charge in [-0.25, -0.2) is 4.39 Å². The molecule has 3 aromatic rings. The van der Waals surface area contributed by atoms with Crippen molar-refractivity contribution in [3.8, 4) is 5.69 Å². The van der Waals surface area contributed by atoms with Gasteiger partial charge in [0.1, 0.15) is 10.8 Å². The van der Waals surface area contributed by atoms with E-state index in [1.165, 1.54) is 16.8 Å². The summed E-state index contributed by atoms with van der Waals surface area (Å²) in [5.41, 5.74) is 8.18.